The average Bonchev–Trinajstić information content (AvgIpc) is 2.84. The Morgan fingerprint density at radius 3 is 2.48 bits per heavy atom. The van der Waals surface area contributed by atoms with Gasteiger partial charge in [0.15, 0.2) is 6.61 Å². The van der Waals surface area contributed by atoms with Gasteiger partial charge in [0, 0.05) is 17.5 Å². The maximum Gasteiger partial charge on any atom is 0.340 e. The summed E-state index contributed by atoms with van der Waals surface area (Å²) in [6.07, 6.45) is 3.24. The van der Waals surface area contributed by atoms with Gasteiger partial charge >= 0.3 is 11.9 Å². The van der Waals surface area contributed by atoms with Crippen LogP contribution in [0.5, 0.6) is 0 Å². The molecule has 2 aromatic carbocycles. The van der Waals surface area contributed by atoms with Gasteiger partial charge in [0.1, 0.15) is 0 Å². The highest BCUT2D eigenvalue weighted by Gasteiger charge is 2.18. The number of amides is 1. The summed E-state index contributed by atoms with van der Waals surface area (Å²) in [5.74, 6) is -1.85. The molecule has 170 valence electrons. The molecule has 0 aliphatic rings. The molecule has 1 amide bonds. The Kier molecular flexibility index (Phi) is 8.43. The van der Waals surface area contributed by atoms with Crippen LogP contribution in [0.4, 0.5) is 11.4 Å². The molecule has 8 nitrogen and oxygen atoms in total. The first-order valence-electron chi connectivity index (χ1n) is 10.1. The summed E-state index contributed by atoms with van der Waals surface area (Å²) in [6.45, 7) is 1.34. The van der Waals surface area contributed by atoms with Gasteiger partial charge < -0.3 is 19.5 Å². The first-order valence-corrected chi connectivity index (χ1v) is 11.3. The zero-order valence-corrected chi connectivity index (χ0v) is 19.0. The highest BCUT2D eigenvalue weighted by Crippen LogP contribution is 2.23. The number of nitrogens with zero attached hydrogens (tertiary/aromatic N) is 1. The lowest BCUT2D eigenvalue weighted by Crippen LogP contribution is -2.22. The molecular weight excluding hydrogens is 442 g/mol. The zero-order valence-electron chi connectivity index (χ0n) is 18.2. The van der Waals surface area contributed by atoms with E-state index in [1.165, 1.54) is 18.1 Å². The van der Waals surface area contributed by atoms with Gasteiger partial charge in [0.2, 0.25) is 0 Å². The van der Waals surface area contributed by atoms with Crippen molar-refractivity contribution in [3.8, 4) is 11.3 Å². The summed E-state index contributed by atoms with van der Waals surface area (Å²) < 4.78 is 13.3. The van der Waals surface area contributed by atoms with Crippen LogP contribution in [0.1, 0.15) is 27.6 Å². The number of carbonyl (C=O) groups excluding carboxylic acids is 3. The lowest BCUT2D eigenvalue weighted by atomic mass is 10.1. The summed E-state index contributed by atoms with van der Waals surface area (Å²) in [6, 6.07) is 17.6. The molecule has 0 bridgehead atoms. The smallest absolute Gasteiger partial charge is 0.340 e. The van der Waals surface area contributed by atoms with Crippen molar-refractivity contribution in [1.82, 2.24) is 4.98 Å². The van der Waals surface area contributed by atoms with Crippen molar-refractivity contribution in [2.24, 2.45) is 0 Å². The zero-order chi connectivity index (χ0) is 23.6. The van der Waals surface area contributed by atoms with Crippen molar-refractivity contribution < 1.29 is 23.9 Å². The van der Waals surface area contributed by atoms with Gasteiger partial charge in [-0.3, -0.25) is 9.78 Å². The molecule has 3 rings (SSSR count). The van der Waals surface area contributed by atoms with Crippen molar-refractivity contribution in [3.63, 3.8) is 0 Å². The van der Waals surface area contributed by atoms with Gasteiger partial charge in [-0.15, -0.1) is 0 Å². The van der Waals surface area contributed by atoms with E-state index < -0.39 is 24.5 Å². The number of rotatable bonds is 9. The molecule has 2 N–H and O–H groups in total. The fourth-order valence-electron chi connectivity index (χ4n) is 2.93. The van der Waals surface area contributed by atoms with Gasteiger partial charge in [-0.25, -0.2) is 9.59 Å². The Hall–Kier alpha value is -3.85. The van der Waals surface area contributed by atoms with Gasteiger partial charge in [0.25, 0.3) is 5.91 Å². The van der Waals surface area contributed by atoms with E-state index >= 15 is 0 Å². The van der Waals surface area contributed by atoms with E-state index in [4.69, 9.17) is 9.47 Å². The van der Waals surface area contributed by atoms with E-state index in [1.807, 2.05) is 42.7 Å². The van der Waals surface area contributed by atoms with Crippen LogP contribution in [0.2, 0.25) is 0 Å². The Morgan fingerprint density at radius 1 is 0.970 bits per heavy atom. The minimum atomic E-state index is -0.641. The third kappa shape index (κ3) is 6.56. The second-order valence-electron chi connectivity index (χ2n) is 6.71. The summed E-state index contributed by atoms with van der Waals surface area (Å²) >= 11 is 1.39. The largest absolute Gasteiger partial charge is 0.462 e. The molecule has 0 aliphatic heterocycles. The summed E-state index contributed by atoms with van der Waals surface area (Å²) in [4.78, 5) is 41.5. The molecule has 33 heavy (non-hydrogen) atoms. The van der Waals surface area contributed by atoms with Crippen LogP contribution in [0, 0.1) is 0 Å². The second kappa shape index (κ2) is 11.7. The van der Waals surface area contributed by atoms with Crippen LogP contribution in [0.15, 0.2) is 66.9 Å². The Balaban J connectivity index is 1.71. The van der Waals surface area contributed by atoms with Crippen molar-refractivity contribution in [3.05, 3.63) is 78.0 Å². The molecule has 0 saturated carbocycles. The van der Waals surface area contributed by atoms with Crippen LogP contribution < -0.4 is 10.0 Å². The first kappa shape index (κ1) is 23.8. The van der Waals surface area contributed by atoms with Gasteiger partial charge in [-0.1, -0.05) is 48.3 Å². The molecule has 0 atom stereocenters. The van der Waals surface area contributed by atoms with E-state index in [2.05, 4.69) is 15.0 Å². The van der Waals surface area contributed by atoms with Crippen LogP contribution in [-0.4, -0.2) is 42.3 Å². The standard InChI is InChI=1S/C24H23N3O5S/c1-3-31-24(30)19-13-20(16-8-5-4-6-9-16)25-14-21(19)26-22(28)15-32-23(29)17-10-7-11-18(12-17)27-33-2/h4-14,27H,3,15H2,1-2H3,(H,26,28). The second-order valence-corrected chi connectivity index (χ2v) is 7.33. The lowest BCUT2D eigenvalue weighted by molar-refractivity contribution is -0.119. The number of benzene rings is 2. The van der Waals surface area contributed by atoms with Crippen molar-refractivity contribution in [2.75, 3.05) is 29.5 Å². The van der Waals surface area contributed by atoms with Gasteiger partial charge in [0.05, 0.1) is 35.3 Å². The summed E-state index contributed by atoms with van der Waals surface area (Å²) in [5.41, 5.74) is 2.74. The predicted octanol–water partition coefficient (Wildman–Crippen LogP) is 4.41. The number of anilines is 2. The van der Waals surface area contributed by atoms with Gasteiger partial charge in [-0.05, 0) is 31.2 Å². The van der Waals surface area contributed by atoms with Gasteiger partial charge in [-0.2, -0.15) is 0 Å². The van der Waals surface area contributed by atoms with Crippen molar-refractivity contribution in [2.45, 2.75) is 6.92 Å². The molecule has 0 fully saturated rings. The monoisotopic (exact) mass is 465 g/mol. The maximum absolute atomic E-state index is 12.5. The lowest BCUT2D eigenvalue weighted by Gasteiger charge is -2.12. The van der Waals surface area contributed by atoms with Crippen LogP contribution >= 0.6 is 11.9 Å². The normalized spacial score (nSPS) is 10.2. The molecule has 9 heteroatoms. The van der Waals surface area contributed by atoms with Crippen molar-refractivity contribution in [1.29, 1.82) is 0 Å². The Morgan fingerprint density at radius 2 is 1.76 bits per heavy atom. The molecule has 0 spiro atoms. The number of carbonyl (C=O) groups is 3. The number of hydrogen-bond acceptors (Lipinski definition) is 8. The molecular formula is C24H23N3O5S. The fraction of sp³-hybridized carbons (Fsp3) is 0.167. The SMILES string of the molecule is CCOC(=O)c1cc(-c2ccccc2)ncc1NC(=O)COC(=O)c1cccc(NSC)c1. The highest BCUT2D eigenvalue weighted by molar-refractivity contribution is 7.99. The predicted molar refractivity (Wildman–Crippen MR) is 128 cm³/mol. The highest BCUT2D eigenvalue weighted by atomic mass is 32.2. The van der Waals surface area contributed by atoms with E-state index in [9.17, 15) is 14.4 Å². The number of hydrogen-bond donors (Lipinski definition) is 2. The van der Waals surface area contributed by atoms with E-state index in [1.54, 1.807) is 31.2 Å². The topological polar surface area (TPSA) is 107 Å². The minimum Gasteiger partial charge on any atom is -0.462 e. The molecule has 0 aliphatic carbocycles. The minimum absolute atomic E-state index is 0.154. The molecule has 1 heterocycles. The van der Waals surface area contributed by atoms with E-state index in [-0.39, 0.29) is 17.9 Å². The summed E-state index contributed by atoms with van der Waals surface area (Å²) in [5, 5.41) is 2.57. The maximum atomic E-state index is 12.5. The number of ether oxygens (including phenoxy) is 2. The number of pyridine rings is 1. The molecule has 1 aromatic heterocycles. The number of nitrogens with one attached hydrogen (secondary N) is 2. The fourth-order valence-corrected chi connectivity index (χ4v) is 3.29. The molecule has 0 saturated heterocycles. The van der Waals surface area contributed by atoms with Crippen molar-refractivity contribution >= 4 is 41.2 Å². The van der Waals surface area contributed by atoms with Crippen LogP contribution in [0.3, 0.4) is 0 Å². The van der Waals surface area contributed by atoms with Crippen LogP contribution in [-0.2, 0) is 14.3 Å². The summed E-state index contributed by atoms with van der Waals surface area (Å²) in [7, 11) is 0. The quantitative estimate of drug-likeness (QED) is 0.354. The van der Waals surface area contributed by atoms with E-state index in [0.29, 0.717) is 11.3 Å². The third-order valence-corrected chi connectivity index (χ3v) is 4.84. The third-order valence-electron chi connectivity index (χ3n) is 4.40. The molecule has 0 radical (unpaired) electrons. The molecule has 0 unspecified atom stereocenters. The number of esters is 2. The Labute approximate surface area is 195 Å². The Bertz CT molecular complexity index is 1140. The van der Waals surface area contributed by atoms with E-state index in [0.717, 1.165) is 11.3 Å². The number of aromatic nitrogens is 1. The molecule has 3 aromatic rings. The average molecular weight is 466 g/mol. The first-order chi connectivity index (χ1) is 16.0. The van der Waals surface area contributed by atoms with Crippen LogP contribution in [0.25, 0.3) is 11.3 Å².